The van der Waals surface area contributed by atoms with Gasteiger partial charge in [0.1, 0.15) is 0 Å². The van der Waals surface area contributed by atoms with E-state index >= 15 is 0 Å². The highest BCUT2D eigenvalue weighted by atomic mass is 32.2. The molecular formula is C15H17F3N4OS2. The predicted octanol–water partition coefficient (Wildman–Crippen LogP) is 4.31. The SMILES string of the molecule is CC[C@H](C)NC(=O)CSc1nnc(Nc2ccccc2C(F)(F)F)s1. The van der Waals surface area contributed by atoms with Gasteiger partial charge in [0, 0.05) is 6.04 Å². The van der Waals surface area contributed by atoms with E-state index in [1.165, 1.54) is 30.0 Å². The van der Waals surface area contributed by atoms with Gasteiger partial charge in [-0.2, -0.15) is 13.2 Å². The van der Waals surface area contributed by atoms with Crippen LogP contribution in [0.4, 0.5) is 24.0 Å². The smallest absolute Gasteiger partial charge is 0.353 e. The van der Waals surface area contributed by atoms with Gasteiger partial charge in [0.2, 0.25) is 11.0 Å². The Kier molecular flexibility index (Phi) is 6.65. The number of hydrogen-bond acceptors (Lipinski definition) is 6. The van der Waals surface area contributed by atoms with Crippen molar-refractivity contribution in [3.63, 3.8) is 0 Å². The first kappa shape index (κ1) is 19.5. The summed E-state index contributed by atoms with van der Waals surface area (Å²) in [6.07, 6.45) is -3.62. The maximum absolute atomic E-state index is 13.0. The first-order valence-electron chi connectivity index (χ1n) is 7.48. The van der Waals surface area contributed by atoms with E-state index in [0.29, 0.717) is 4.34 Å². The van der Waals surface area contributed by atoms with Crippen molar-refractivity contribution in [3.8, 4) is 0 Å². The third kappa shape index (κ3) is 5.89. The summed E-state index contributed by atoms with van der Waals surface area (Å²) in [6.45, 7) is 3.88. The number of thioether (sulfide) groups is 1. The van der Waals surface area contributed by atoms with Crippen LogP contribution in [0, 0.1) is 0 Å². The number of alkyl halides is 3. The molecule has 1 atom stereocenters. The van der Waals surface area contributed by atoms with Gasteiger partial charge >= 0.3 is 6.18 Å². The Morgan fingerprint density at radius 3 is 2.72 bits per heavy atom. The lowest BCUT2D eigenvalue weighted by Gasteiger charge is -2.12. The largest absolute Gasteiger partial charge is 0.418 e. The van der Waals surface area contributed by atoms with E-state index in [9.17, 15) is 18.0 Å². The molecule has 1 aromatic heterocycles. The highest BCUT2D eigenvalue weighted by molar-refractivity contribution is 8.01. The molecule has 2 rings (SSSR count). The molecule has 2 aromatic rings. The van der Waals surface area contributed by atoms with Crippen LogP contribution in [0.15, 0.2) is 28.6 Å². The van der Waals surface area contributed by atoms with Gasteiger partial charge in [0.05, 0.1) is 17.0 Å². The molecule has 0 unspecified atom stereocenters. The first-order valence-corrected chi connectivity index (χ1v) is 9.28. The van der Waals surface area contributed by atoms with Crippen molar-refractivity contribution in [1.29, 1.82) is 0 Å². The molecule has 0 spiro atoms. The lowest BCUT2D eigenvalue weighted by atomic mass is 10.2. The zero-order valence-corrected chi connectivity index (χ0v) is 15.2. The van der Waals surface area contributed by atoms with Crippen LogP contribution < -0.4 is 10.6 Å². The number of benzene rings is 1. The fraction of sp³-hybridized carbons (Fsp3) is 0.400. The van der Waals surface area contributed by atoms with Gasteiger partial charge in [-0.1, -0.05) is 42.2 Å². The predicted molar refractivity (Wildman–Crippen MR) is 93.3 cm³/mol. The Morgan fingerprint density at radius 2 is 2.04 bits per heavy atom. The summed E-state index contributed by atoms with van der Waals surface area (Å²) < 4.78 is 39.4. The van der Waals surface area contributed by atoms with Crippen LogP contribution in [0.5, 0.6) is 0 Å². The van der Waals surface area contributed by atoms with Crippen molar-refractivity contribution in [2.45, 2.75) is 36.8 Å². The van der Waals surface area contributed by atoms with Gasteiger partial charge in [0.15, 0.2) is 4.34 Å². The van der Waals surface area contributed by atoms with E-state index in [1.807, 2.05) is 13.8 Å². The van der Waals surface area contributed by atoms with Crippen LogP contribution in [0.3, 0.4) is 0 Å². The lowest BCUT2D eigenvalue weighted by Crippen LogP contribution is -2.33. The molecule has 1 heterocycles. The average molecular weight is 390 g/mol. The molecule has 0 fully saturated rings. The number of nitrogens with one attached hydrogen (secondary N) is 2. The van der Waals surface area contributed by atoms with E-state index < -0.39 is 11.7 Å². The minimum atomic E-state index is -4.46. The molecule has 0 aliphatic rings. The Balaban J connectivity index is 1.98. The molecule has 0 saturated heterocycles. The minimum Gasteiger partial charge on any atom is -0.353 e. The number of carbonyl (C=O) groups excluding carboxylic acids is 1. The van der Waals surface area contributed by atoms with E-state index in [1.54, 1.807) is 0 Å². The summed E-state index contributed by atoms with van der Waals surface area (Å²) in [5, 5.41) is 13.4. The topological polar surface area (TPSA) is 66.9 Å². The van der Waals surface area contributed by atoms with Gasteiger partial charge in [-0.05, 0) is 25.5 Å². The van der Waals surface area contributed by atoms with E-state index in [-0.39, 0.29) is 28.5 Å². The number of hydrogen-bond donors (Lipinski definition) is 2. The number of rotatable bonds is 7. The zero-order chi connectivity index (χ0) is 18.4. The normalized spacial score (nSPS) is 12.7. The van der Waals surface area contributed by atoms with Crippen molar-refractivity contribution in [3.05, 3.63) is 29.8 Å². The van der Waals surface area contributed by atoms with Crippen molar-refractivity contribution in [2.24, 2.45) is 0 Å². The molecule has 1 amide bonds. The van der Waals surface area contributed by atoms with Crippen LogP contribution in [0.25, 0.3) is 0 Å². The maximum atomic E-state index is 13.0. The minimum absolute atomic E-state index is 0.0859. The molecule has 0 saturated carbocycles. The number of carbonyl (C=O) groups is 1. The number of aromatic nitrogens is 2. The van der Waals surface area contributed by atoms with Crippen LogP contribution >= 0.6 is 23.1 Å². The molecule has 0 aliphatic heterocycles. The molecular weight excluding hydrogens is 373 g/mol. The zero-order valence-electron chi connectivity index (χ0n) is 13.6. The quantitative estimate of drug-likeness (QED) is 0.690. The van der Waals surface area contributed by atoms with Gasteiger partial charge in [-0.3, -0.25) is 4.79 Å². The highest BCUT2D eigenvalue weighted by Crippen LogP contribution is 2.36. The molecule has 5 nitrogen and oxygen atoms in total. The van der Waals surface area contributed by atoms with Crippen molar-refractivity contribution >= 4 is 39.8 Å². The van der Waals surface area contributed by atoms with Gasteiger partial charge in [-0.15, -0.1) is 10.2 Å². The maximum Gasteiger partial charge on any atom is 0.418 e. The Morgan fingerprint density at radius 1 is 1.32 bits per heavy atom. The monoisotopic (exact) mass is 390 g/mol. The number of nitrogens with zero attached hydrogens (tertiary/aromatic N) is 2. The molecule has 10 heteroatoms. The summed E-state index contributed by atoms with van der Waals surface area (Å²) in [6, 6.07) is 5.26. The summed E-state index contributed by atoms with van der Waals surface area (Å²) in [7, 11) is 0. The third-order valence-electron chi connectivity index (χ3n) is 3.23. The summed E-state index contributed by atoms with van der Waals surface area (Å²) in [4.78, 5) is 11.7. The van der Waals surface area contributed by atoms with Crippen molar-refractivity contribution in [2.75, 3.05) is 11.1 Å². The molecule has 1 aromatic carbocycles. The summed E-state index contributed by atoms with van der Waals surface area (Å²) in [5.74, 6) is 0.0597. The standard InChI is InChI=1S/C15H17F3N4OS2/c1-3-9(2)19-12(23)8-24-14-22-21-13(25-14)20-11-7-5-4-6-10(11)15(16,17)18/h4-7,9H,3,8H2,1-2H3,(H,19,23)(H,20,21)/t9-/m0/s1. The van der Waals surface area contributed by atoms with Gasteiger partial charge in [0.25, 0.3) is 0 Å². The molecule has 136 valence electrons. The third-order valence-corrected chi connectivity index (χ3v) is 5.20. The summed E-state index contributed by atoms with van der Waals surface area (Å²) >= 11 is 2.29. The lowest BCUT2D eigenvalue weighted by molar-refractivity contribution is -0.137. The van der Waals surface area contributed by atoms with Crippen LogP contribution in [-0.2, 0) is 11.0 Å². The second-order valence-corrected chi connectivity index (χ2v) is 7.41. The average Bonchev–Trinajstić information content (AvgIpc) is 3.00. The van der Waals surface area contributed by atoms with E-state index in [0.717, 1.165) is 23.8 Å². The first-order chi connectivity index (χ1) is 11.8. The van der Waals surface area contributed by atoms with E-state index in [2.05, 4.69) is 20.8 Å². The summed E-state index contributed by atoms with van der Waals surface area (Å²) in [5.41, 5.74) is -0.857. The number of para-hydroxylation sites is 1. The second kappa shape index (κ2) is 8.52. The van der Waals surface area contributed by atoms with Crippen molar-refractivity contribution in [1.82, 2.24) is 15.5 Å². The highest BCUT2D eigenvalue weighted by Gasteiger charge is 2.33. The van der Waals surface area contributed by atoms with Gasteiger partial charge < -0.3 is 10.6 Å². The van der Waals surface area contributed by atoms with Crippen LogP contribution in [0.2, 0.25) is 0 Å². The fourth-order valence-electron chi connectivity index (χ4n) is 1.82. The van der Waals surface area contributed by atoms with Crippen molar-refractivity contribution < 1.29 is 18.0 Å². The number of halogens is 3. The molecule has 0 aliphatic carbocycles. The van der Waals surface area contributed by atoms with Crippen LogP contribution in [0.1, 0.15) is 25.8 Å². The Bertz CT molecular complexity index is 721. The number of amides is 1. The van der Waals surface area contributed by atoms with Gasteiger partial charge in [-0.25, -0.2) is 0 Å². The Hall–Kier alpha value is -1.81. The molecule has 25 heavy (non-hydrogen) atoms. The molecule has 0 bridgehead atoms. The second-order valence-electron chi connectivity index (χ2n) is 5.21. The molecule has 0 radical (unpaired) electrons. The molecule has 2 N–H and O–H groups in total. The fourth-order valence-corrected chi connectivity index (χ4v) is 3.39. The van der Waals surface area contributed by atoms with Crippen LogP contribution in [-0.4, -0.2) is 27.9 Å². The van der Waals surface area contributed by atoms with E-state index in [4.69, 9.17) is 0 Å². The number of anilines is 2. The Labute approximate surface area is 151 Å².